The minimum Gasteiger partial charge on any atom is -0.425 e. The van der Waals surface area contributed by atoms with E-state index >= 15 is 0 Å². The van der Waals surface area contributed by atoms with E-state index in [0.29, 0.717) is 25.0 Å². The number of piperidine rings is 1. The first kappa shape index (κ1) is 18.9. The topological polar surface area (TPSA) is 48.0 Å². The molecular formula is C22H31NO4. The van der Waals surface area contributed by atoms with Crippen LogP contribution in [-0.2, 0) is 26.1 Å². The maximum Gasteiger partial charge on any atom is 0.337 e. The van der Waals surface area contributed by atoms with Crippen molar-refractivity contribution in [3.63, 3.8) is 0 Å². The molecule has 2 aliphatic carbocycles. The Hall–Kier alpha value is -1.43. The van der Waals surface area contributed by atoms with Gasteiger partial charge in [0.15, 0.2) is 0 Å². The molecule has 5 heteroatoms. The van der Waals surface area contributed by atoms with Crippen LogP contribution in [0.2, 0.25) is 0 Å². The Kier molecular flexibility index (Phi) is 5.53. The summed E-state index contributed by atoms with van der Waals surface area (Å²) < 4.78 is 15.8. The molecule has 1 aromatic carbocycles. The zero-order valence-corrected chi connectivity index (χ0v) is 16.5. The van der Waals surface area contributed by atoms with Crippen LogP contribution < -0.4 is 4.74 Å². The summed E-state index contributed by atoms with van der Waals surface area (Å²) in [5, 5.41) is 0. The van der Waals surface area contributed by atoms with Crippen molar-refractivity contribution in [3.8, 4) is 5.75 Å². The summed E-state index contributed by atoms with van der Waals surface area (Å²) >= 11 is 0. The summed E-state index contributed by atoms with van der Waals surface area (Å²) in [6.45, 7) is 2.00. The van der Waals surface area contributed by atoms with Crippen LogP contribution in [0.5, 0.6) is 5.75 Å². The molecule has 2 bridgehead atoms. The number of likely N-dealkylation sites (N-methyl/N-ethyl adjacent to an activating group) is 1. The molecule has 1 aliphatic heterocycles. The van der Waals surface area contributed by atoms with E-state index in [-0.39, 0.29) is 18.0 Å². The molecule has 4 rings (SSSR count). The highest BCUT2D eigenvalue weighted by Crippen LogP contribution is 2.55. The lowest BCUT2D eigenvalue weighted by atomic mass is 9.52. The molecule has 1 aromatic rings. The van der Waals surface area contributed by atoms with E-state index in [1.54, 1.807) is 7.11 Å². The summed E-state index contributed by atoms with van der Waals surface area (Å²) in [4.78, 5) is 14.7. The minimum atomic E-state index is -0.346. The maximum absolute atomic E-state index is 12.1. The molecule has 0 unspecified atom stereocenters. The van der Waals surface area contributed by atoms with E-state index in [1.807, 2.05) is 6.07 Å². The Morgan fingerprint density at radius 1 is 1.26 bits per heavy atom. The van der Waals surface area contributed by atoms with Crippen molar-refractivity contribution >= 4 is 5.97 Å². The number of nitrogens with zero attached hydrogens (tertiary/aromatic N) is 1. The van der Waals surface area contributed by atoms with Gasteiger partial charge < -0.3 is 19.1 Å². The molecule has 0 radical (unpaired) electrons. The molecule has 3 aliphatic rings. The maximum atomic E-state index is 12.1. The number of hydrogen-bond acceptors (Lipinski definition) is 5. The highest BCUT2D eigenvalue weighted by atomic mass is 16.6. The van der Waals surface area contributed by atoms with Gasteiger partial charge in [0, 0.05) is 18.6 Å². The van der Waals surface area contributed by atoms with Crippen molar-refractivity contribution in [2.75, 3.05) is 40.5 Å². The van der Waals surface area contributed by atoms with E-state index in [1.165, 1.54) is 43.2 Å². The molecule has 0 N–H and O–H groups in total. The Morgan fingerprint density at radius 2 is 2.15 bits per heavy atom. The monoisotopic (exact) mass is 373 g/mol. The number of hydrogen-bond donors (Lipinski definition) is 0. The summed E-state index contributed by atoms with van der Waals surface area (Å²) in [5.41, 5.74) is 3.17. The molecule has 0 aromatic heterocycles. The Balaban J connectivity index is 1.54. The predicted molar refractivity (Wildman–Crippen MR) is 103 cm³/mol. The van der Waals surface area contributed by atoms with Gasteiger partial charge in [-0.3, -0.25) is 0 Å². The van der Waals surface area contributed by atoms with Crippen molar-refractivity contribution in [1.29, 1.82) is 0 Å². The van der Waals surface area contributed by atoms with Gasteiger partial charge in [-0.1, -0.05) is 18.9 Å². The number of fused-ring (bicyclic) bond motifs is 1. The first-order valence-electron chi connectivity index (χ1n) is 10.2. The van der Waals surface area contributed by atoms with Gasteiger partial charge in [0.25, 0.3) is 0 Å². The van der Waals surface area contributed by atoms with E-state index in [4.69, 9.17) is 14.2 Å². The second-order valence-electron chi connectivity index (χ2n) is 8.35. The third-order valence-electron chi connectivity index (χ3n) is 6.97. The quantitative estimate of drug-likeness (QED) is 0.436. The van der Waals surface area contributed by atoms with Crippen LogP contribution in [0, 0.1) is 5.92 Å². The summed E-state index contributed by atoms with van der Waals surface area (Å²) in [5.74, 6) is 1.05. The van der Waals surface area contributed by atoms with E-state index in [0.717, 1.165) is 18.9 Å². The Morgan fingerprint density at radius 3 is 3.00 bits per heavy atom. The SMILES string of the molecule is COCCOCC(=O)Oc1ccc2c(c1)[C@@]13CCCC[C@H]1[C@@H](C2)N(C)CC3. The predicted octanol–water partition coefficient (Wildman–Crippen LogP) is 2.94. The molecule has 1 saturated carbocycles. The summed E-state index contributed by atoms with van der Waals surface area (Å²) in [7, 11) is 3.90. The standard InChI is InChI=1S/C22H31NO4/c1-23-10-9-22-8-4-3-5-18(22)20(23)13-16-6-7-17(14-19(16)22)27-21(24)15-26-12-11-25-2/h6-7,14,18,20H,3-5,8-13,15H2,1-2H3/t18-,20+,22+/m0/s1. The molecule has 148 valence electrons. The number of rotatable bonds is 6. The lowest BCUT2D eigenvalue weighted by molar-refractivity contribution is -0.139. The van der Waals surface area contributed by atoms with Gasteiger partial charge >= 0.3 is 5.97 Å². The van der Waals surface area contributed by atoms with Crippen LogP contribution in [0.15, 0.2) is 18.2 Å². The van der Waals surface area contributed by atoms with Gasteiger partial charge in [-0.2, -0.15) is 0 Å². The van der Waals surface area contributed by atoms with Crippen molar-refractivity contribution in [1.82, 2.24) is 4.90 Å². The number of esters is 1. The first-order chi connectivity index (χ1) is 13.1. The van der Waals surface area contributed by atoms with E-state index < -0.39 is 0 Å². The Bertz CT molecular complexity index is 691. The van der Waals surface area contributed by atoms with Crippen LogP contribution in [0.4, 0.5) is 0 Å². The van der Waals surface area contributed by atoms with Gasteiger partial charge in [0.2, 0.25) is 0 Å². The van der Waals surface area contributed by atoms with E-state index in [2.05, 4.69) is 24.1 Å². The van der Waals surface area contributed by atoms with Gasteiger partial charge in [-0.05, 0) is 68.5 Å². The fourth-order valence-corrected chi connectivity index (χ4v) is 5.70. The van der Waals surface area contributed by atoms with Crippen molar-refractivity contribution in [3.05, 3.63) is 29.3 Å². The molecule has 0 amide bonds. The number of methoxy groups -OCH3 is 1. The molecule has 27 heavy (non-hydrogen) atoms. The average molecular weight is 373 g/mol. The third-order valence-corrected chi connectivity index (χ3v) is 6.97. The normalized spacial score (nSPS) is 29.7. The smallest absolute Gasteiger partial charge is 0.337 e. The second-order valence-corrected chi connectivity index (χ2v) is 8.35. The molecule has 2 fully saturated rings. The highest BCUT2D eigenvalue weighted by Gasteiger charge is 2.53. The first-order valence-corrected chi connectivity index (χ1v) is 10.2. The van der Waals surface area contributed by atoms with Crippen LogP contribution >= 0.6 is 0 Å². The van der Waals surface area contributed by atoms with Crippen molar-refractivity contribution in [2.45, 2.75) is 50.0 Å². The lowest BCUT2D eigenvalue weighted by Gasteiger charge is -2.58. The van der Waals surface area contributed by atoms with Crippen molar-refractivity contribution < 1.29 is 19.0 Å². The number of likely N-dealkylation sites (tertiary alicyclic amines) is 1. The zero-order valence-electron chi connectivity index (χ0n) is 16.5. The fraction of sp³-hybridized carbons (Fsp3) is 0.682. The fourth-order valence-electron chi connectivity index (χ4n) is 5.70. The van der Waals surface area contributed by atoms with Crippen molar-refractivity contribution in [2.24, 2.45) is 5.92 Å². The minimum absolute atomic E-state index is 0.0406. The van der Waals surface area contributed by atoms with Crippen LogP contribution in [0.1, 0.15) is 43.2 Å². The number of carbonyl (C=O) groups is 1. The lowest BCUT2D eigenvalue weighted by Crippen LogP contribution is -2.59. The van der Waals surface area contributed by atoms with Gasteiger partial charge in [0.1, 0.15) is 12.4 Å². The van der Waals surface area contributed by atoms with Gasteiger partial charge in [-0.15, -0.1) is 0 Å². The number of benzene rings is 1. The summed E-state index contributed by atoms with van der Waals surface area (Å²) in [6.07, 6.45) is 7.59. The van der Waals surface area contributed by atoms with Crippen LogP contribution in [0.3, 0.4) is 0 Å². The van der Waals surface area contributed by atoms with Crippen LogP contribution in [0.25, 0.3) is 0 Å². The summed E-state index contributed by atoms with van der Waals surface area (Å²) in [6, 6.07) is 6.95. The third kappa shape index (κ3) is 3.53. The zero-order chi connectivity index (χ0) is 18.9. The molecule has 5 nitrogen and oxygen atoms in total. The molecule has 1 heterocycles. The number of carbonyl (C=O) groups excluding carboxylic acids is 1. The van der Waals surface area contributed by atoms with E-state index in [9.17, 15) is 4.79 Å². The Labute approximate surface area is 162 Å². The second kappa shape index (κ2) is 7.90. The highest BCUT2D eigenvalue weighted by molar-refractivity contribution is 5.73. The molecule has 3 atom stereocenters. The molecule has 1 saturated heterocycles. The van der Waals surface area contributed by atoms with Crippen LogP contribution in [-0.4, -0.2) is 57.4 Å². The average Bonchev–Trinajstić information content (AvgIpc) is 2.68. The molecular weight excluding hydrogens is 342 g/mol. The number of ether oxygens (including phenoxy) is 3. The van der Waals surface area contributed by atoms with Gasteiger partial charge in [0.05, 0.1) is 13.2 Å². The molecule has 0 spiro atoms. The largest absolute Gasteiger partial charge is 0.425 e. The van der Waals surface area contributed by atoms with Gasteiger partial charge in [-0.25, -0.2) is 4.79 Å².